The molecule has 2 heterocycles. The van der Waals surface area contributed by atoms with Gasteiger partial charge in [-0.2, -0.15) is 0 Å². The number of ketones is 1. The van der Waals surface area contributed by atoms with Gasteiger partial charge in [-0.3, -0.25) is 59.7 Å². The van der Waals surface area contributed by atoms with E-state index in [4.69, 9.17) is 23.2 Å². The lowest BCUT2D eigenvalue weighted by Gasteiger charge is -2.09. The first-order chi connectivity index (χ1) is 43.3. The number of hydrogen-bond donors (Lipinski definition) is 4. The summed E-state index contributed by atoms with van der Waals surface area (Å²) in [5.41, 5.74) is 9.66. The summed E-state index contributed by atoms with van der Waals surface area (Å²) in [6, 6.07) is 25.8. The third kappa shape index (κ3) is 26.5. The molecule has 4 fully saturated rings. The van der Waals surface area contributed by atoms with Gasteiger partial charge in [-0.05, 0) is 150 Å². The van der Waals surface area contributed by atoms with Crippen molar-refractivity contribution in [2.75, 3.05) is 18.9 Å². The Kier molecular flexibility index (Phi) is 36.1. The van der Waals surface area contributed by atoms with Crippen molar-refractivity contribution in [3.8, 4) is 21.1 Å². The number of benzene rings is 4. The molecule has 4 aromatic carbocycles. The predicted molar refractivity (Wildman–Crippen MR) is 367 cm³/mol. The molecule has 0 bridgehead atoms. The number of nitrogens with zero attached hydrogens (tertiary/aromatic N) is 7. The average Bonchev–Trinajstić information content (AvgIpc) is 2.23. The molecule has 2 aromatic heterocycles. The molecule has 33 heteroatoms. The van der Waals surface area contributed by atoms with Crippen LogP contribution < -0.4 is 22.3 Å². The number of nitrogens with one attached hydrogen (secondary N) is 2. The van der Waals surface area contributed by atoms with Gasteiger partial charge in [-0.25, -0.2) is 5.84 Å². The predicted octanol–water partition coefficient (Wildman–Crippen LogP) is 13.7. The standard InChI is InChI=1S/C14H16N2O4.C13H13N3O2S.C13H15N3S.C7H7N3O3.C6H9ClO.C4H8O2.P2S5/c17-13(10-5-1-2-6-10)9-15-14(18)11-7-3-4-8-12(11)16(19)20;17-16(18)11-8-4-3-7-10(11)13-15-14-12(19-13)9-5-1-2-6-9;14-11-8-4-3-7-10(11)13-16-15-12(17-13)9-5-1-2-6-9;8-9-7(11)5-3-1-2-4-6(5)10(12)13;7-6(8)5-3-1-2-4-5;1-3-6-4(2)5;3-1-2-5-7-6-4/h3-4,7-8,10H,1-2,5-6,9H2,(H,15,18);3-4,7-9H,1-2,5-6H2;3-4,7-9H,1-2,5-6,14H2;1-4H,8H2,(H,9,11);5H,1-4H2;3H2,1-2H3;. The van der Waals surface area contributed by atoms with E-state index >= 15 is 0 Å². The summed E-state index contributed by atoms with van der Waals surface area (Å²) in [5.74, 6) is 4.74. The Morgan fingerprint density at radius 2 is 1.07 bits per heavy atom. The van der Waals surface area contributed by atoms with Crippen LogP contribution in [0.25, 0.3) is 21.1 Å². The molecule has 10 rings (SSSR count). The Balaban J connectivity index is 0.000000233. The smallest absolute Gasteiger partial charge is 0.302 e. The van der Waals surface area contributed by atoms with Crippen molar-refractivity contribution in [2.24, 2.45) is 17.7 Å². The first-order valence-electron chi connectivity index (χ1n) is 28.4. The van der Waals surface area contributed by atoms with Crippen LogP contribution >= 0.6 is 48.4 Å². The zero-order valence-corrected chi connectivity index (χ0v) is 57.3. The van der Waals surface area contributed by atoms with Crippen LogP contribution in [0.3, 0.4) is 0 Å². The molecule has 6 N–H and O–H groups in total. The minimum atomic E-state index is -0.674. The van der Waals surface area contributed by atoms with Gasteiger partial charge in [0.05, 0.1) is 33.5 Å². The molecule has 0 spiro atoms. The van der Waals surface area contributed by atoms with Gasteiger partial charge in [0.25, 0.3) is 28.9 Å². The minimum Gasteiger partial charge on any atom is -0.466 e. The summed E-state index contributed by atoms with van der Waals surface area (Å²) in [7, 11) is 6.83. The van der Waals surface area contributed by atoms with Crippen LogP contribution in [0.2, 0.25) is 0 Å². The molecule has 6 aromatic rings. The van der Waals surface area contributed by atoms with E-state index in [9.17, 15) is 54.3 Å². The van der Waals surface area contributed by atoms with Crippen molar-refractivity contribution in [3.05, 3.63) is 149 Å². The number of nitrogen functional groups attached to an aromatic ring is 2. The number of nitro groups is 3. The maximum Gasteiger partial charge on any atom is 0.302 e. The van der Waals surface area contributed by atoms with Crippen molar-refractivity contribution in [1.29, 1.82) is 0 Å². The van der Waals surface area contributed by atoms with Crippen LogP contribution in [0.15, 0.2) is 97.1 Å². The van der Waals surface area contributed by atoms with E-state index in [1.54, 1.807) is 60.9 Å². The maximum atomic E-state index is 11.9. The molecular weight excluding hydrogens is 1350 g/mol. The highest BCUT2D eigenvalue weighted by Gasteiger charge is 2.27. The van der Waals surface area contributed by atoms with Gasteiger partial charge in [0.15, 0.2) is 10.8 Å². The van der Waals surface area contributed by atoms with E-state index in [1.165, 1.54) is 139 Å². The zero-order chi connectivity index (χ0) is 65.8. The van der Waals surface area contributed by atoms with Crippen molar-refractivity contribution >= 4 is 150 Å². The molecule has 23 nitrogen and oxygen atoms in total. The number of para-hydroxylation sites is 4. The van der Waals surface area contributed by atoms with E-state index < -0.39 is 21.7 Å². The Hall–Kier alpha value is -6.30. The molecule has 0 saturated heterocycles. The minimum absolute atomic E-state index is 0.00874. The van der Waals surface area contributed by atoms with Crippen molar-refractivity contribution in [1.82, 2.24) is 31.1 Å². The van der Waals surface area contributed by atoms with Gasteiger partial charge in [0.1, 0.15) is 26.1 Å². The molecule has 0 unspecified atom stereocenters. The zero-order valence-electron chi connectivity index (χ0n) is 49.1. The van der Waals surface area contributed by atoms with Crippen LogP contribution in [0.1, 0.15) is 159 Å². The number of rotatable bonds is 15. The number of hydrogen-bond acceptors (Lipinski definition) is 22. The number of halogens is 1. The van der Waals surface area contributed by atoms with Gasteiger partial charge < -0.3 is 15.8 Å². The first kappa shape index (κ1) is 76.2. The van der Waals surface area contributed by atoms with Crippen molar-refractivity contribution < 1.29 is 43.5 Å². The van der Waals surface area contributed by atoms with Gasteiger partial charge >= 0.3 is 5.97 Å². The number of ether oxygens (including phenoxy) is 1. The van der Waals surface area contributed by atoms with Crippen LogP contribution in [0.5, 0.6) is 0 Å². The molecule has 0 atom stereocenters. The third-order valence-electron chi connectivity index (χ3n) is 14.0. The Morgan fingerprint density at radius 1 is 0.644 bits per heavy atom. The van der Waals surface area contributed by atoms with Crippen LogP contribution in [-0.2, 0) is 69.4 Å². The van der Waals surface area contributed by atoms with Crippen LogP contribution in [0.4, 0.5) is 22.7 Å². The molecule has 0 aliphatic heterocycles. The topological polar surface area (TPSA) is 352 Å². The van der Waals surface area contributed by atoms with E-state index in [0.717, 1.165) is 79.7 Å². The molecular formula is C57H68ClN11O12P2S7. The van der Waals surface area contributed by atoms with E-state index in [0.29, 0.717) is 29.0 Å². The normalized spacial score (nSPS) is 14.2. The monoisotopic (exact) mass is 1420 g/mol. The summed E-state index contributed by atoms with van der Waals surface area (Å²) < 4.78 is 4.40. The van der Waals surface area contributed by atoms with Crippen LogP contribution in [0, 0.1) is 42.2 Å². The average molecular weight is 1420 g/mol. The summed E-state index contributed by atoms with van der Waals surface area (Å²) >= 11 is 17.7. The van der Waals surface area contributed by atoms with Gasteiger partial charge in [0, 0.05) is 74.1 Å². The SMILES string of the molecule is CCOC(C)=O.NNC(=O)c1ccccc1[N+](=O)[O-].Nc1ccccc1-c1nnc(C2CCCC2)s1.O=C(Cl)C1CCCC1.O=C(NCC(=O)C1CCCC1)c1ccccc1[N+](=O)[O-].O=[N+]([O-])c1ccccc1-c1nnc(C2CCCC2)s1.S=PP=S=S=S=S. The number of anilines is 1. The number of nitro benzene ring substituents is 3. The highest BCUT2D eigenvalue weighted by atomic mass is 35.5. The van der Waals surface area contributed by atoms with E-state index in [1.807, 2.05) is 29.7 Å². The lowest BCUT2D eigenvalue weighted by atomic mass is 10.0. The highest BCUT2D eigenvalue weighted by molar-refractivity contribution is 8.63. The fraction of sp³-hybridized carbons (Fsp3) is 0.421. The molecule has 4 aliphatic rings. The quantitative estimate of drug-likeness (QED) is 0.0108. The fourth-order valence-electron chi connectivity index (χ4n) is 9.65. The fourth-order valence-corrected chi connectivity index (χ4v) is 21.6. The Labute approximate surface area is 555 Å². The van der Waals surface area contributed by atoms with Gasteiger partial charge in [-0.15, -0.1) is 20.4 Å². The number of aromatic nitrogens is 4. The molecule has 2 amide bonds. The highest BCUT2D eigenvalue weighted by Crippen LogP contribution is 2.40. The number of carbonyl (C=O) groups excluding carboxylic acids is 5. The molecule has 482 valence electrons. The Bertz CT molecular complexity index is 3530. The van der Waals surface area contributed by atoms with E-state index in [-0.39, 0.29) is 68.5 Å². The number of hydrazine groups is 1. The van der Waals surface area contributed by atoms with Gasteiger partial charge in [-0.1, -0.05) is 123 Å². The molecule has 0 radical (unpaired) electrons. The summed E-state index contributed by atoms with van der Waals surface area (Å²) in [6.45, 7) is 3.59. The van der Waals surface area contributed by atoms with Crippen LogP contribution in [-0.4, -0.2) is 77.1 Å². The van der Waals surface area contributed by atoms with Gasteiger partial charge in [0.2, 0.25) is 5.24 Å². The second-order valence-corrected chi connectivity index (χ2v) is 32.1. The third-order valence-corrected chi connectivity index (χ3v) is 26.6. The lowest BCUT2D eigenvalue weighted by molar-refractivity contribution is -0.385. The number of Topliss-reactive ketones (excluding diaryl/α,β-unsaturated/α-hetero) is 1. The first-order valence-corrected chi connectivity index (χ1v) is 38.9. The van der Waals surface area contributed by atoms with Crippen molar-refractivity contribution in [3.63, 3.8) is 0 Å². The Morgan fingerprint density at radius 3 is 1.48 bits per heavy atom. The second-order valence-electron chi connectivity index (χ2n) is 20.0. The van der Waals surface area contributed by atoms with Crippen molar-refractivity contribution in [2.45, 2.75) is 128 Å². The van der Waals surface area contributed by atoms with E-state index in [2.05, 4.69) is 53.4 Å². The maximum absolute atomic E-state index is 11.9. The summed E-state index contributed by atoms with van der Waals surface area (Å²) in [6.07, 6.45) is 18.2. The number of carbonyl (C=O) groups is 5. The molecule has 90 heavy (non-hydrogen) atoms. The molecule has 4 aliphatic carbocycles. The molecule has 4 saturated carbocycles. The second kappa shape index (κ2) is 42.7. The largest absolute Gasteiger partial charge is 0.466 e. The number of esters is 1. The lowest BCUT2D eigenvalue weighted by Crippen LogP contribution is -2.32. The summed E-state index contributed by atoms with van der Waals surface area (Å²) in [4.78, 5) is 85.7. The number of amides is 2. The number of nitrogens with two attached hydrogens (primary N) is 2. The summed E-state index contributed by atoms with van der Waals surface area (Å²) in [5, 5.41) is 55.4.